The van der Waals surface area contributed by atoms with Gasteiger partial charge in [-0.25, -0.2) is 4.79 Å². The fourth-order valence-corrected chi connectivity index (χ4v) is 0. The van der Waals surface area contributed by atoms with Crippen molar-refractivity contribution in [2.24, 2.45) is 0 Å². The standard InChI is InChI=1S/C2H2F3NO.H2O/c3-2(4,5)1(6)7;/h(H2,6,7);1H2. The average molecular weight is 131 g/mol. The first kappa shape index (κ1) is 10.4. The summed E-state index contributed by atoms with van der Waals surface area (Å²) in [6.45, 7) is 0. The first-order chi connectivity index (χ1) is 2.94. The van der Waals surface area contributed by atoms with Gasteiger partial charge in [-0.1, -0.05) is 0 Å². The molecule has 0 bridgehead atoms. The van der Waals surface area contributed by atoms with Crippen molar-refractivity contribution in [3.63, 3.8) is 0 Å². The molecule has 0 spiro atoms. The summed E-state index contributed by atoms with van der Waals surface area (Å²) in [5.74, 6) is -2.01. The van der Waals surface area contributed by atoms with Crippen LogP contribution in [0, 0.1) is 0 Å². The van der Waals surface area contributed by atoms with Crippen molar-refractivity contribution in [1.82, 2.24) is 0 Å². The number of hydrogen-bond donors (Lipinski definition) is 1. The van der Waals surface area contributed by atoms with E-state index in [4.69, 9.17) is 0 Å². The molecular weight excluding hydrogens is 127 g/mol. The zero-order valence-corrected chi connectivity index (χ0v) is 3.70. The minimum Gasteiger partial charge on any atom is -0.870 e. The molecule has 50 valence electrons. The van der Waals surface area contributed by atoms with E-state index in [1.807, 2.05) is 0 Å². The summed E-state index contributed by atoms with van der Waals surface area (Å²) in [4.78, 5) is 9.23. The molecular formula is C2H4F3NO2. The van der Waals surface area contributed by atoms with Crippen LogP contribution >= 0.6 is 0 Å². The van der Waals surface area contributed by atoms with Gasteiger partial charge in [-0.3, -0.25) is 5.73 Å². The van der Waals surface area contributed by atoms with Crippen molar-refractivity contribution in [3.05, 3.63) is 0 Å². The number of halogens is 3. The van der Waals surface area contributed by atoms with E-state index in [0.717, 1.165) is 0 Å². The zero-order valence-electron chi connectivity index (χ0n) is 3.70. The number of carbonyl (C=O) groups is 1. The molecule has 0 fully saturated rings. The third-order valence-corrected chi connectivity index (χ3v) is 0.316. The molecule has 0 aliphatic carbocycles. The second-order valence-electron chi connectivity index (χ2n) is 0.921. The first-order valence-electron chi connectivity index (χ1n) is 1.37. The van der Waals surface area contributed by atoms with Gasteiger partial charge in [0.05, 0.1) is 0 Å². The molecule has 0 aliphatic rings. The minimum absolute atomic E-state index is 0. The molecule has 3 nitrogen and oxygen atoms in total. The molecule has 0 aromatic carbocycles. The van der Waals surface area contributed by atoms with E-state index in [1.54, 1.807) is 0 Å². The largest absolute Gasteiger partial charge is 0.870 e. The summed E-state index contributed by atoms with van der Waals surface area (Å²) in [6, 6.07) is 0. The number of hydrogen-bond acceptors (Lipinski definition) is 2. The van der Waals surface area contributed by atoms with Crippen molar-refractivity contribution in [3.8, 4) is 0 Å². The number of alkyl halides is 3. The predicted molar refractivity (Wildman–Crippen MR) is 15.9 cm³/mol. The number of rotatable bonds is 0. The monoisotopic (exact) mass is 131 g/mol. The Morgan fingerprint density at radius 2 is 1.50 bits per heavy atom. The summed E-state index contributed by atoms with van der Waals surface area (Å²) in [6.07, 6.45) is -4.75. The second-order valence-corrected chi connectivity index (χ2v) is 0.921. The smallest absolute Gasteiger partial charge is 0.509 e. The molecule has 0 rings (SSSR count). The molecule has 0 heterocycles. The second kappa shape index (κ2) is 2.63. The van der Waals surface area contributed by atoms with Crippen LogP contribution in [0.25, 0.3) is 0 Å². The van der Waals surface area contributed by atoms with Crippen LogP contribution in [0.2, 0.25) is 0 Å². The summed E-state index contributed by atoms with van der Waals surface area (Å²) < 4.78 is 32.3. The Labute approximate surface area is 42.6 Å². The SMILES string of the molecule is [NH3+]C(=O)C(F)(F)F.[OH-]. The van der Waals surface area contributed by atoms with Gasteiger partial charge in [-0.05, 0) is 0 Å². The van der Waals surface area contributed by atoms with E-state index in [0.29, 0.717) is 0 Å². The predicted octanol–water partition coefficient (Wildman–Crippen LogP) is -0.860. The fraction of sp³-hybridized carbons (Fsp3) is 0.500. The Hall–Kier alpha value is -0.620. The van der Waals surface area contributed by atoms with Crippen molar-refractivity contribution in [1.29, 1.82) is 0 Å². The molecule has 0 aromatic rings. The first-order valence-corrected chi connectivity index (χ1v) is 1.37. The van der Waals surface area contributed by atoms with Crippen molar-refractivity contribution >= 4 is 5.91 Å². The van der Waals surface area contributed by atoms with E-state index < -0.39 is 12.1 Å². The van der Waals surface area contributed by atoms with E-state index in [2.05, 4.69) is 5.73 Å². The van der Waals surface area contributed by atoms with Gasteiger partial charge >= 0.3 is 12.1 Å². The van der Waals surface area contributed by atoms with Crippen LogP contribution in [0.1, 0.15) is 0 Å². The van der Waals surface area contributed by atoms with E-state index in [1.165, 1.54) is 0 Å². The summed E-state index contributed by atoms with van der Waals surface area (Å²) in [5.41, 5.74) is 2.15. The van der Waals surface area contributed by atoms with Crippen LogP contribution in [0.4, 0.5) is 13.2 Å². The Balaban J connectivity index is 0. The lowest BCUT2D eigenvalue weighted by molar-refractivity contribution is -0.344. The van der Waals surface area contributed by atoms with Crippen LogP contribution in [-0.2, 0) is 4.79 Å². The van der Waals surface area contributed by atoms with E-state index in [9.17, 15) is 18.0 Å². The molecule has 0 saturated heterocycles. The fourth-order valence-electron chi connectivity index (χ4n) is 0. The third kappa shape index (κ3) is 3.57. The highest BCUT2D eigenvalue weighted by Gasteiger charge is 2.39. The normalized spacial score (nSPS) is 10.0. The Morgan fingerprint density at radius 3 is 1.50 bits per heavy atom. The molecule has 6 heteroatoms. The Kier molecular flexibility index (Phi) is 3.41. The quantitative estimate of drug-likeness (QED) is 0.464. The maximum absolute atomic E-state index is 10.8. The Morgan fingerprint density at radius 1 is 1.38 bits per heavy atom. The van der Waals surface area contributed by atoms with Crippen LogP contribution in [0.15, 0.2) is 0 Å². The van der Waals surface area contributed by atoms with Crippen LogP contribution < -0.4 is 5.73 Å². The lowest BCUT2D eigenvalue weighted by Gasteiger charge is -1.91. The van der Waals surface area contributed by atoms with Gasteiger partial charge in [-0.15, -0.1) is 0 Å². The van der Waals surface area contributed by atoms with E-state index in [-0.39, 0.29) is 5.48 Å². The number of amides is 1. The Bertz CT molecular complexity index is 87.8. The zero-order chi connectivity index (χ0) is 6.08. The summed E-state index contributed by atoms with van der Waals surface area (Å²) in [7, 11) is 0. The van der Waals surface area contributed by atoms with Gasteiger partial charge in [0.1, 0.15) is 0 Å². The summed E-state index contributed by atoms with van der Waals surface area (Å²) >= 11 is 0. The lowest BCUT2D eigenvalue weighted by Crippen LogP contribution is -2.63. The molecule has 8 heavy (non-hydrogen) atoms. The van der Waals surface area contributed by atoms with Gasteiger partial charge in [-0.2, -0.15) is 13.2 Å². The average Bonchev–Trinajstić information content (AvgIpc) is 1.31. The topological polar surface area (TPSA) is 74.7 Å². The van der Waals surface area contributed by atoms with Crippen molar-refractivity contribution < 1.29 is 29.2 Å². The highest BCUT2D eigenvalue weighted by Crippen LogP contribution is 2.10. The van der Waals surface area contributed by atoms with Gasteiger partial charge < -0.3 is 5.48 Å². The molecule has 0 atom stereocenters. The molecule has 4 N–H and O–H groups in total. The highest BCUT2D eigenvalue weighted by atomic mass is 19.4. The summed E-state index contributed by atoms with van der Waals surface area (Å²) in [5, 5.41) is 0. The lowest BCUT2D eigenvalue weighted by atomic mass is 10.6. The maximum atomic E-state index is 10.8. The van der Waals surface area contributed by atoms with Crippen molar-refractivity contribution in [2.75, 3.05) is 0 Å². The molecule has 0 aliphatic heterocycles. The van der Waals surface area contributed by atoms with Crippen LogP contribution in [-0.4, -0.2) is 17.6 Å². The molecule has 0 radical (unpaired) electrons. The van der Waals surface area contributed by atoms with Gasteiger partial charge in [0, 0.05) is 0 Å². The van der Waals surface area contributed by atoms with Gasteiger partial charge in [0.15, 0.2) is 0 Å². The van der Waals surface area contributed by atoms with Crippen molar-refractivity contribution in [2.45, 2.75) is 6.18 Å². The molecule has 1 amide bonds. The highest BCUT2D eigenvalue weighted by molar-refractivity contribution is 5.70. The maximum Gasteiger partial charge on any atom is 0.509 e. The van der Waals surface area contributed by atoms with Gasteiger partial charge in [0.2, 0.25) is 0 Å². The number of quaternary nitrogens is 1. The van der Waals surface area contributed by atoms with Crippen LogP contribution in [0.5, 0.6) is 0 Å². The number of carbonyl (C=O) groups excluding carboxylic acids is 1. The van der Waals surface area contributed by atoms with E-state index >= 15 is 0 Å². The van der Waals surface area contributed by atoms with Gasteiger partial charge in [0.25, 0.3) is 0 Å². The molecule has 0 unspecified atom stereocenters. The molecule has 0 saturated carbocycles. The molecule has 0 aromatic heterocycles. The van der Waals surface area contributed by atoms with Crippen LogP contribution in [0.3, 0.4) is 0 Å². The third-order valence-electron chi connectivity index (χ3n) is 0.316. The minimum atomic E-state index is -4.75.